The first-order valence-electron chi connectivity index (χ1n) is 8.14. The van der Waals surface area contributed by atoms with Crippen molar-refractivity contribution in [2.45, 2.75) is 12.9 Å². The number of benzene rings is 2. The number of hydrogen-bond donors (Lipinski definition) is 0. The lowest BCUT2D eigenvalue weighted by Crippen LogP contribution is -2.26. The lowest BCUT2D eigenvalue weighted by molar-refractivity contribution is -0.274. The molecule has 0 aliphatic carbocycles. The maximum absolute atomic E-state index is 13.8. The van der Waals surface area contributed by atoms with Crippen LogP contribution in [-0.2, 0) is 6.54 Å². The van der Waals surface area contributed by atoms with Gasteiger partial charge in [-0.15, -0.1) is 13.2 Å². The fourth-order valence-corrected chi connectivity index (χ4v) is 2.55. The maximum Gasteiger partial charge on any atom is 0.573 e. The molecule has 0 radical (unpaired) electrons. The van der Waals surface area contributed by atoms with E-state index >= 15 is 0 Å². The van der Waals surface area contributed by atoms with E-state index in [4.69, 9.17) is 0 Å². The fraction of sp³-hybridized carbons (Fsp3) is 0.158. The molecule has 0 atom stereocenters. The van der Waals surface area contributed by atoms with Crippen LogP contribution in [0.25, 0.3) is 5.69 Å². The van der Waals surface area contributed by atoms with Gasteiger partial charge >= 0.3 is 6.36 Å². The lowest BCUT2D eigenvalue weighted by atomic mass is 10.2. The SMILES string of the molecule is CN(Cc1ccc(OC(F)(F)F)cc1)C(=O)c1ccn(-c2ccccc2F)n1. The third-order valence-electron chi connectivity index (χ3n) is 3.83. The summed E-state index contributed by atoms with van der Waals surface area (Å²) in [6, 6.07) is 12.7. The number of carbonyl (C=O) groups is 1. The van der Waals surface area contributed by atoms with Crippen molar-refractivity contribution in [3.05, 3.63) is 77.9 Å². The van der Waals surface area contributed by atoms with Crippen molar-refractivity contribution < 1.29 is 27.1 Å². The van der Waals surface area contributed by atoms with Crippen molar-refractivity contribution in [3.63, 3.8) is 0 Å². The Morgan fingerprint density at radius 3 is 2.43 bits per heavy atom. The summed E-state index contributed by atoms with van der Waals surface area (Å²) in [5.74, 6) is -1.22. The summed E-state index contributed by atoms with van der Waals surface area (Å²) in [4.78, 5) is 13.9. The monoisotopic (exact) mass is 393 g/mol. The number of para-hydroxylation sites is 1. The summed E-state index contributed by atoms with van der Waals surface area (Å²) in [5, 5.41) is 4.10. The largest absolute Gasteiger partial charge is 0.573 e. The minimum Gasteiger partial charge on any atom is -0.406 e. The molecule has 0 saturated carbocycles. The summed E-state index contributed by atoms with van der Waals surface area (Å²) >= 11 is 0. The molecule has 1 aromatic heterocycles. The Balaban J connectivity index is 1.67. The van der Waals surface area contributed by atoms with Gasteiger partial charge in [-0.05, 0) is 35.9 Å². The molecule has 3 rings (SSSR count). The normalized spacial score (nSPS) is 11.3. The van der Waals surface area contributed by atoms with Gasteiger partial charge in [0.2, 0.25) is 0 Å². The van der Waals surface area contributed by atoms with Crippen LogP contribution in [0, 0.1) is 5.82 Å². The van der Waals surface area contributed by atoms with Crippen LogP contribution >= 0.6 is 0 Å². The van der Waals surface area contributed by atoms with Gasteiger partial charge in [0.1, 0.15) is 17.3 Å². The number of ether oxygens (including phenoxy) is 1. The molecule has 3 aromatic rings. The Labute approximate surface area is 157 Å². The van der Waals surface area contributed by atoms with Crippen molar-refractivity contribution in [2.75, 3.05) is 7.05 Å². The van der Waals surface area contributed by atoms with E-state index in [2.05, 4.69) is 9.84 Å². The Morgan fingerprint density at radius 2 is 1.79 bits per heavy atom. The molecule has 0 saturated heterocycles. The van der Waals surface area contributed by atoms with Crippen molar-refractivity contribution in [3.8, 4) is 11.4 Å². The van der Waals surface area contributed by atoms with Gasteiger partial charge in [0, 0.05) is 19.8 Å². The van der Waals surface area contributed by atoms with Crippen LogP contribution in [0.15, 0.2) is 60.8 Å². The third kappa shape index (κ3) is 4.67. The van der Waals surface area contributed by atoms with Gasteiger partial charge in [-0.3, -0.25) is 4.79 Å². The highest BCUT2D eigenvalue weighted by Crippen LogP contribution is 2.23. The van der Waals surface area contributed by atoms with Gasteiger partial charge < -0.3 is 9.64 Å². The molecule has 0 fully saturated rings. The molecule has 0 aliphatic heterocycles. The number of nitrogens with zero attached hydrogens (tertiary/aromatic N) is 3. The van der Waals surface area contributed by atoms with Crippen LogP contribution in [0.2, 0.25) is 0 Å². The van der Waals surface area contributed by atoms with E-state index in [9.17, 15) is 22.4 Å². The minimum absolute atomic E-state index is 0.114. The zero-order valence-corrected chi connectivity index (χ0v) is 14.7. The molecule has 0 spiro atoms. The van der Waals surface area contributed by atoms with Gasteiger partial charge in [-0.25, -0.2) is 9.07 Å². The van der Waals surface area contributed by atoms with Crippen LogP contribution in [-0.4, -0.2) is 34.0 Å². The Bertz CT molecular complexity index is 968. The van der Waals surface area contributed by atoms with Gasteiger partial charge in [0.15, 0.2) is 5.69 Å². The molecule has 1 amide bonds. The van der Waals surface area contributed by atoms with Gasteiger partial charge in [-0.1, -0.05) is 24.3 Å². The van der Waals surface area contributed by atoms with Crippen LogP contribution < -0.4 is 4.74 Å². The predicted octanol–water partition coefficient (Wildman–Crippen LogP) is 4.18. The highest BCUT2D eigenvalue weighted by molar-refractivity contribution is 5.92. The van der Waals surface area contributed by atoms with Crippen LogP contribution in [0.5, 0.6) is 5.75 Å². The van der Waals surface area contributed by atoms with E-state index < -0.39 is 18.1 Å². The van der Waals surface area contributed by atoms with Crippen LogP contribution in [0.3, 0.4) is 0 Å². The van der Waals surface area contributed by atoms with Crippen molar-refractivity contribution in [2.24, 2.45) is 0 Å². The zero-order valence-electron chi connectivity index (χ0n) is 14.7. The number of aromatic nitrogens is 2. The second-order valence-electron chi connectivity index (χ2n) is 5.95. The average Bonchev–Trinajstić information content (AvgIpc) is 3.11. The molecular formula is C19H15F4N3O2. The fourth-order valence-electron chi connectivity index (χ4n) is 2.55. The first kappa shape index (κ1) is 19.4. The standard InChI is InChI=1S/C19H15F4N3O2/c1-25(12-13-6-8-14(9-7-13)28-19(21,22)23)18(27)16-10-11-26(24-16)17-5-3-2-4-15(17)20/h2-11H,12H2,1H3. The number of alkyl halides is 3. The summed E-state index contributed by atoms with van der Waals surface area (Å²) in [7, 11) is 1.53. The quantitative estimate of drug-likeness (QED) is 0.611. The Hall–Kier alpha value is -3.36. The number of rotatable bonds is 5. The molecule has 0 unspecified atom stereocenters. The maximum atomic E-state index is 13.8. The van der Waals surface area contributed by atoms with Crippen molar-refractivity contribution in [1.82, 2.24) is 14.7 Å². The molecule has 9 heteroatoms. The smallest absolute Gasteiger partial charge is 0.406 e. The van der Waals surface area contributed by atoms with E-state index in [1.54, 1.807) is 12.1 Å². The van der Waals surface area contributed by atoms with E-state index in [0.717, 1.165) is 0 Å². The second-order valence-corrected chi connectivity index (χ2v) is 5.95. The molecule has 0 bridgehead atoms. The van der Waals surface area contributed by atoms with Crippen LogP contribution in [0.4, 0.5) is 17.6 Å². The molecule has 2 aromatic carbocycles. The minimum atomic E-state index is -4.76. The summed E-state index contributed by atoms with van der Waals surface area (Å²) in [6.07, 6.45) is -3.28. The predicted molar refractivity (Wildman–Crippen MR) is 92.4 cm³/mol. The number of carbonyl (C=O) groups excluding carboxylic acids is 1. The van der Waals surface area contributed by atoms with Crippen LogP contribution in [0.1, 0.15) is 16.1 Å². The van der Waals surface area contributed by atoms with E-state index in [0.29, 0.717) is 5.56 Å². The molecule has 146 valence electrons. The highest BCUT2D eigenvalue weighted by atomic mass is 19.4. The van der Waals surface area contributed by atoms with Gasteiger partial charge in [0.05, 0.1) is 0 Å². The van der Waals surface area contributed by atoms with Crippen molar-refractivity contribution in [1.29, 1.82) is 0 Å². The van der Waals surface area contributed by atoms with E-state index in [1.165, 1.54) is 65.3 Å². The second kappa shape index (κ2) is 7.71. The van der Waals surface area contributed by atoms with Crippen molar-refractivity contribution >= 4 is 5.91 Å². The summed E-state index contributed by atoms with van der Waals surface area (Å²) in [5.41, 5.74) is 0.936. The topological polar surface area (TPSA) is 47.4 Å². The van der Waals surface area contributed by atoms with E-state index in [-0.39, 0.29) is 23.7 Å². The molecule has 1 heterocycles. The van der Waals surface area contributed by atoms with Gasteiger partial charge in [-0.2, -0.15) is 5.10 Å². The first-order valence-corrected chi connectivity index (χ1v) is 8.14. The van der Waals surface area contributed by atoms with Gasteiger partial charge in [0.25, 0.3) is 5.91 Å². The highest BCUT2D eigenvalue weighted by Gasteiger charge is 2.31. The molecule has 0 N–H and O–H groups in total. The first-order chi connectivity index (χ1) is 13.2. The molecular weight excluding hydrogens is 378 g/mol. The lowest BCUT2D eigenvalue weighted by Gasteiger charge is -2.16. The Morgan fingerprint density at radius 1 is 1.11 bits per heavy atom. The number of halogens is 4. The van der Waals surface area contributed by atoms with E-state index in [1.807, 2.05) is 0 Å². The zero-order chi connectivity index (χ0) is 20.3. The Kier molecular flexibility index (Phi) is 5.34. The number of amides is 1. The molecule has 0 aliphatic rings. The summed E-state index contributed by atoms with van der Waals surface area (Å²) < 4.78 is 55.5. The molecule has 28 heavy (non-hydrogen) atoms. The molecule has 5 nitrogen and oxygen atoms in total. The third-order valence-corrected chi connectivity index (χ3v) is 3.83. The number of hydrogen-bond acceptors (Lipinski definition) is 3. The average molecular weight is 393 g/mol. The summed E-state index contributed by atoms with van der Waals surface area (Å²) in [6.45, 7) is 0.150.